The van der Waals surface area contributed by atoms with E-state index >= 15 is 0 Å². The summed E-state index contributed by atoms with van der Waals surface area (Å²) in [7, 11) is 0. The summed E-state index contributed by atoms with van der Waals surface area (Å²) in [5, 5.41) is 12.1. The topological polar surface area (TPSA) is 75.6 Å². The highest BCUT2D eigenvalue weighted by Gasteiger charge is 2.24. The normalized spacial score (nSPS) is 15.0. The van der Waals surface area contributed by atoms with E-state index in [2.05, 4.69) is 29.6 Å². The number of fused-ring (bicyclic) bond motifs is 1. The Kier molecular flexibility index (Phi) is 7.53. The average Bonchev–Trinajstić information content (AvgIpc) is 2.87. The highest BCUT2D eigenvalue weighted by molar-refractivity contribution is 5.77. The van der Waals surface area contributed by atoms with Gasteiger partial charge in [-0.3, -0.25) is 4.79 Å². The Morgan fingerprint density at radius 2 is 1.61 bits per heavy atom. The quantitative estimate of drug-likeness (QED) is 0.407. The van der Waals surface area contributed by atoms with Crippen LogP contribution in [-0.2, 0) is 22.4 Å². The van der Waals surface area contributed by atoms with Crippen molar-refractivity contribution in [2.75, 3.05) is 13.2 Å². The second kappa shape index (κ2) is 10.9. The molecule has 0 bridgehead atoms. The van der Waals surface area contributed by atoms with E-state index in [4.69, 9.17) is 9.84 Å². The van der Waals surface area contributed by atoms with Crippen LogP contribution in [0.15, 0.2) is 78.9 Å². The fourth-order valence-corrected chi connectivity index (χ4v) is 4.59. The van der Waals surface area contributed by atoms with Crippen molar-refractivity contribution >= 4 is 11.9 Å². The van der Waals surface area contributed by atoms with E-state index in [9.17, 15) is 9.59 Å². The number of aliphatic hydroxyl groups excluding tert-OH is 1. The van der Waals surface area contributed by atoms with Gasteiger partial charge in [0, 0.05) is 18.9 Å². The van der Waals surface area contributed by atoms with Crippen molar-refractivity contribution in [3.8, 4) is 5.75 Å². The molecule has 1 amide bonds. The van der Waals surface area contributed by atoms with Crippen LogP contribution in [0.4, 0.5) is 0 Å². The first kappa shape index (κ1) is 22.7. The Morgan fingerprint density at radius 3 is 2.24 bits per heavy atom. The van der Waals surface area contributed by atoms with Gasteiger partial charge in [0.25, 0.3) is 0 Å². The minimum Gasteiger partial charge on any atom is -0.425 e. The molecule has 5 heteroatoms. The highest BCUT2D eigenvalue weighted by atomic mass is 16.5. The third kappa shape index (κ3) is 5.88. The van der Waals surface area contributed by atoms with Crippen molar-refractivity contribution < 1.29 is 19.4 Å². The lowest BCUT2D eigenvalue weighted by Crippen LogP contribution is -2.33. The van der Waals surface area contributed by atoms with Crippen LogP contribution in [0.2, 0.25) is 0 Å². The van der Waals surface area contributed by atoms with Gasteiger partial charge in [-0.1, -0.05) is 72.8 Å². The third-order valence-electron chi connectivity index (χ3n) is 6.28. The number of carbonyl (C=O) groups excluding carboxylic acids is 2. The predicted octanol–water partition coefficient (Wildman–Crippen LogP) is 4.03. The Balaban J connectivity index is 1.37. The number of nitrogens with one attached hydrogen (secondary N) is 1. The van der Waals surface area contributed by atoms with E-state index < -0.39 is 12.6 Å². The molecule has 2 N–H and O–H groups in total. The van der Waals surface area contributed by atoms with Crippen LogP contribution < -0.4 is 10.1 Å². The fourth-order valence-electron chi connectivity index (χ4n) is 4.59. The Morgan fingerprint density at radius 1 is 0.939 bits per heavy atom. The van der Waals surface area contributed by atoms with E-state index in [0.717, 1.165) is 41.5 Å². The summed E-state index contributed by atoms with van der Waals surface area (Å²) in [6.45, 7) is -0.0134. The van der Waals surface area contributed by atoms with Gasteiger partial charge >= 0.3 is 5.97 Å². The first-order valence-corrected chi connectivity index (χ1v) is 11.4. The van der Waals surface area contributed by atoms with E-state index in [-0.39, 0.29) is 11.8 Å². The van der Waals surface area contributed by atoms with Crippen molar-refractivity contribution in [2.45, 2.75) is 31.6 Å². The number of hydrogen-bond acceptors (Lipinski definition) is 4. The molecule has 0 aromatic heterocycles. The second-order valence-electron chi connectivity index (χ2n) is 8.52. The molecule has 33 heavy (non-hydrogen) atoms. The van der Waals surface area contributed by atoms with E-state index in [1.54, 1.807) is 6.07 Å². The zero-order valence-corrected chi connectivity index (χ0v) is 18.6. The van der Waals surface area contributed by atoms with Crippen molar-refractivity contribution in [3.63, 3.8) is 0 Å². The molecule has 0 aliphatic heterocycles. The first-order valence-electron chi connectivity index (χ1n) is 11.4. The molecule has 1 atom stereocenters. The molecule has 170 valence electrons. The number of hydrogen-bond donors (Lipinski definition) is 2. The molecule has 0 fully saturated rings. The van der Waals surface area contributed by atoms with Crippen molar-refractivity contribution in [3.05, 3.63) is 101 Å². The summed E-state index contributed by atoms with van der Waals surface area (Å²) in [5.74, 6) is 0.274. The second-order valence-corrected chi connectivity index (χ2v) is 8.52. The maximum absolute atomic E-state index is 12.9. The van der Waals surface area contributed by atoms with E-state index in [1.807, 2.05) is 48.5 Å². The highest BCUT2D eigenvalue weighted by Crippen LogP contribution is 2.32. The summed E-state index contributed by atoms with van der Waals surface area (Å²) >= 11 is 0. The van der Waals surface area contributed by atoms with Gasteiger partial charge in [-0.05, 0) is 53.5 Å². The summed E-state index contributed by atoms with van der Waals surface area (Å²) in [6.07, 6.45) is 2.91. The summed E-state index contributed by atoms with van der Waals surface area (Å²) in [4.78, 5) is 24.4. The molecule has 3 aromatic carbocycles. The largest absolute Gasteiger partial charge is 0.425 e. The van der Waals surface area contributed by atoms with Crippen molar-refractivity contribution in [1.29, 1.82) is 0 Å². The summed E-state index contributed by atoms with van der Waals surface area (Å²) in [6, 6.07) is 26.0. The first-order chi connectivity index (χ1) is 16.1. The number of aliphatic hydroxyl groups is 1. The smallest absolute Gasteiger partial charge is 0.337 e. The van der Waals surface area contributed by atoms with Crippen LogP contribution in [0.1, 0.15) is 41.0 Å². The van der Waals surface area contributed by atoms with Gasteiger partial charge in [0.15, 0.2) is 0 Å². The van der Waals surface area contributed by atoms with Gasteiger partial charge in [-0.25, -0.2) is 4.79 Å². The number of esters is 1. The average molecular weight is 444 g/mol. The Hall–Kier alpha value is -3.44. The zero-order valence-electron chi connectivity index (χ0n) is 18.6. The third-order valence-corrected chi connectivity index (χ3v) is 6.28. The number of benzene rings is 3. The maximum Gasteiger partial charge on any atom is 0.337 e. The molecule has 1 aliphatic rings. The van der Waals surface area contributed by atoms with Crippen LogP contribution in [0.3, 0.4) is 0 Å². The van der Waals surface area contributed by atoms with Crippen LogP contribution >= 0.6 is 0 Å². The molecule has 1 unspecified atom stereocenters. The molecule has 0 spiro atoms. The van der Waals surface area contributed by atoms with Gasteiger partial charge in [0.05, 0.1) is 0 Å². The fraction of sp³-hybridized carbons (Fsp3) is 0.286. The molecule has 5 nitrogen and oxygen atoms in total. The van der Waals surface area contributed by atoms with Crippen LogP contribution in [0.5, 0.6) is 5.75 Å². The predicted molar refractivity (Wildman–Crippen MR) is 127 cm³/mol. The lowest BCUT2D eigenvalue weighted by Gasteiger charge is -2.26. The lowest BCUT2D eigenvalue weighted by molar-refractivity contribution is -0.137. The van der Waals surface area contributed by atoms with Crippen molar-refractivity contribution in [1.82, 2.24) is 5.32 Å². The van der Waals surface area contributed by atoms with E-state index in [1.165, 1.54) is 0 Å². The number of carbonyl (C=O) groups is 2. The molecule has 4 rings (SSSR count). The summed E-state index contributed by atoms with van der Waals surface area (Å²) < 4.78 is 5.26. The summed E-state index contributed by atoms with van der Waals surface area (Å²) in [5.41, 5.74) is 4.43. The minimum atomic E-state index is -0.649. The van der Waals surface area contributed by atoms with Gasteiger partial charge in [0.1, 0.15) is 12.4 Å². The van der Waals surface area contributed by atoms with Gasteiger partial charge in [-0.15, -0.1) is 0 Å². The molecule has 0 radical (unpaired) electrons. The molecule has 0 heterocycles. The SMILES string of the molecule is O=C(CC(c1ccccc1)c1ccccc1)NCC1CCc2c(cccc2OC(=O)CO)C1. The van der Waals surface area contributed by atoms with Crippen LogP contribution in [0, 0.1) is 5.92 Å². The van der Waals surface area contributed by atoms with Crippen LogP contribution in [-0.4, -0.2) is 30.1 Å². The van der Waals surface area contributed by atoms with Gasteiger partial charge in [0.2, 0.25) is 5.91 Å². The van der Waals surface area contributed by atoms with Crippen molar-refractivity contribution in [2.24, 2.45) is 5.92 Å². The minimum absolute atomic E-state index is 0.0169. The molecular formula is C28H29NO4. The van der Waals surface area contributed by atoms with Crippen LogP contribution in [0.25, 0.3) is 0 Å². The molecule has 1 aliphatic carbocycles. The molecule has 0 saturated heterocycles. The van der Waals surface area contributed by atoms with Gasteiger partial charge in [-0.2, -0.15) is 0 Å². The zero-order chi connectivity index (χ0) is 23.0. The maximum atomic E-state index is 12.9. The lowest BCUT2D eigenvalue weighted by atomic mass is 9.83. The number of amides is 1. The molecule has 0 saturated carbocycles. The molecule has 3 aromatic rings. The standard InChI is InChI=1S/C28H29NO4/c30-19-28(32)33-26-13-7-12-23-16-20(14-15-24(23)26)18-29-27(31)17-25(21-8-3-1-4-9-21)22-10-5-2-6-11-22/h1-13,20,25,30H,14-19H2,(H,29,31). The molecular weight excluding hydrogens is 414 g/mol. The number of ether oxygens (including phenoxy) is 1. The van der Waals surface area contributed by atoms with E-state index in [0.29, 0.717) is 24.6 Å². The Labute approximate surface area is 194 Å². The Bertz CT molecular complexity index is 1040. The number of rotatable bonds is 8. The van der Waals surface area contributed by atoms with Gasteiger partial charge < -0.3 is 15.2 Å². The monoisotopic (exact) mass is 443 g/mol.